The fourth-order valence-electron chi connectivity index (χ4n) is 2.53. The van der Waals surface area contributed by atoms with Gasteiger partial charge in [0.15, 0.2) is 0 Å². The van der Waals surface area contributed by atoms with Crippen molar-refractivity contribution in [3.63, 3.8) is 0 Å². The van der Waals surface area contributed by atoms with Crippen LogP contribution in [0.4, 0.5) is 0 Å². The predicted molar refractivity (Wildman–Crippen MR) is 64.0 cm³/mol. The lowest BCUT2D eigenvalue weighted by Gasteiger charge is -2.23. The first-order valence-electron chi connectivity index (χ1n) is 6.25. The summed E-state index contributed by atoms with van der Waals surface area (Å²) in [6.07, 6.45) is 7.47. The van der Waals surface area contributed by atoms with E-state index in [2.05, 4.69) is 28.6 Å². The van der Waals surface area contributed by atoms with Crippen LogP contribution >= 0.6 is 0 Å². The van der Waals surface area contributed by atoms with Gasteiger partial charge in [-0.3, -0.25) is 0 Å². The fourth-order valence-corrected chi connectivity index (χ4v) is 2.53. The summed E-state index contributed by atoms with van der Waals surface area (Å²) in [5.41, 5.74) is 6.34. The third-order valence-corrected chi connectivity index (χ3v) is 3.37. The maximum atomic E-state index is 6.37. The number of nitrogens with two attached hydrogens (primary N) is 1. The van der Waals surface area contributed by atoms with Gasteiger partial charge in [0.25, 0.3) is 0 Å². The van der Waals surface area contributed by atoms with Crippen molar-refractivity contribution in [3.05, 3.63) is 12.2 Å². The molecule has 2 N–H and O–H groups in total. The summed E-state index contributed by atoms with van der Waals surface area (Å²) in [5.74, 6) is 1.67. The quantitative estimate of drug-likeness (QED) is 0.844. The van der Waals surface area contributed by atoms with E-state index >= 15 is 0 Å². The second kappa shape index (κ2) is 4.53. The third kappa shape index (κ3) is 2.61. The summed E-state index contributed by atoms with van der Waals surface area (Å²) in [6.45, 7) is 5.40. The van der Waals surface area contributed by atoms with Gasteiger partial charge in [-0.25, -0.2) is 0 Å². The zero-order valence-electron chi connectivity index (χ0n) is 10.3. The molecule has 0 spiro atoms. The topological polar surface area (TPSA) is 56.7 Å². The average molecular weight is 222 g/mol. The molecule has 0 saturated heterocycles. The Labute approximate surface area is 97.2 Å². The zero-order chi connectivity index (χ0) is 11.6. The van der Waals surface area contributed by atoms with E-state index in [1.807, 2.05) is 6.33 Å². The second-order valence-electron chi connectivity index (χ2n) is 5.54. The molecule has 0 bridgehead atoms. The largest absolute Gasteiger partial charge is 0.325 e. The Kier molecular flexibility index (Phi) is 3.28. The molecule has 4 nitrogen and oxygen atoms in total. The maximum Gasteiger partial charge on any atom is 0.134 e. The van der Waals surface area contributed by atoms with Crippen molar-refractivity contribution in [2.45, 2.75) is 58.0 Å². The summed E-state index contributed by atoms with van der Waals surface area (Å²) < 4.78 is 2.15. The van der Waals surface area contributed by atoms with Crippen LogP contribution in [-0.4, -0.2) is 20.3 Å². The molecule has 1 aliphatic carbocycles. The van der Waals surface area contributed by atoms with E-state index in [1.54, 1.807) is 0 Å². The number of hydrogen-bond acceptors (Lipinski definition) is 3. The highest BCUT2D eigenvalue weighted by molar-refractivity contribution is 5.00. The predicted octanol–water partition coefficient (Wildman–Crippen LogP) is 1.75. The van der Waals surface area contributed by atoms with E-state index < -0.39 is 0 Å². The first-order chi connectivity index (χ1) is 7.59. The lowest BCUT2D eigenvalue weighted by molar-refractivity contribution is 0.407. The highest BCUT2D eigenvalue weighted by Gasteiger charge is 2.31. The van der Waals surface area contributed by atoms with Crippen molar-refractivity contribution >= 4 is 0 Å². The molecular weight excluding hydrogens is 200 g/mol. The molecule has 1 heterocycles. The molecule has 90 valence electrons. The minimum absolute atomic E-state index is 0.0260. The van der Waals surface area contributed by atoms with E-state index in [-0.39, 0.29) is 5.54 Å². The van der Waals surface area contributed by atoms with Crippen molar-refractivity contribution in [3.8, 4) is 0 Å². The molecule has 0 unspecified atom stereocenters. The van der Waals surface area contributed by atoms with Gasteiger partial charge in [-0.15, -0.1) is 10.2 Å². The van der Waals surface area contributed by atoms with Crippen LogP contribution in [0, 0.1) is 5.92 Å². The Morgan fingerprint density at radius 1 is 1.44 bits per heavy atom. The third-order valence-electron chi connectivity index (χ3n) is 3.37. The smallest absolute Gasteiger partial charge is 0.134 e. The summed E-state index contributed by atoms with van der Waals surface area (Å²) >= 11 is 0. The molecule has 0 radical (unpaired) electrons. The minimum atomic E-state index is -0.0260. The molecule has 0 amide bonds. The molecule has 0 aromatic carbocycles. The van der Waals surface area contributed by atoms with Gasteiger partial charge >= 0.3 is 0 Å². The van der Waals surface area contributed by atoms with Gasteiger partial charge in [0.1, 0.15) is 12.2 Å². The maximum absolute atomic E-state index is 6.37. The Balaban J connectivity index is 2.06. The van der Waals surface area contributed by atoms with Gasteiger partial charge in [0.05, 0.1) is 0 Å². The Hall–Kier alpha value is -0.900. The molecule has 1 aromatic heterocycles. The first kappa shape index (κ1) is 11.6. The van der Waals surface area contributed by atoms with Gasteiger partial charge in [0, 0.05) is 18.5 Å². The molecule has 16 heavy (non-hydrogen) atoms. The summed E-state index contributed by atoms with van der Waals surface area (Å²) in [7, 11) is 0. The average Bonchev–Trinajstić information content (AvgIpc) is 2.77. The van der Waals surface area contributed by atoms with Gasteiger partial charge in [0.2, 0.25) is 0 Å². The fraction of sp³-hybridized carbons (Fsp3) is 0.833. The minimum Gasteiger partial charge on any atom is -0.325 e. The Morgan fingerprint density at radius 3 is 2.75 bits per heavy atom. The van der Waals surface area contributed by atoms with E-state index in [0.29, 0.717) is 5.92 Å². The van der Waals surface area contributed by atoms with Crippen molar-refractivity contribution in [2.24, 2.45) is 11.7 Å². The monoisotopic (exact) mass is 222 g/mol. The highest BCUT2D eigenvalue weighted by Crippen LogP contribution is 2.29. The Bertz CT molecular complexity index is 337. The van der Waals surface area contributed by atoms with E-state index in [1.165, 1.54) is 12.8 Å². The zero-order valence-corrected chi connectivity index (χ0v) is 10.3. The number of aromatic nitrogens is 3. The summed E-state index contributed by atoms with van der Waals surface area (Å²) in [5, 5.41) is 8.22. The van der Waals surface area contributed by atoms with Crippen molar-refractivity contribution in [2.75, 3.05) is 0 Å². The van der Waals surface area contributed by atoms with Gasteiger partial charge in [-0.1, -0.05) is 26.7 Å². The number of rotatable bonds is 4. The van der Waals surface area contributed by atoms with Crippen LogP contribution in [0.2, 0.25) is 0 Å². The SMILES string of the molecule is CC(C)Cn1cnnc1CC1(N)CCCC1. The van der Waals surface area contributed by atoms with Crippen LogP contribution in [0.15, 0.2) is 6.33 Å². The molecule has 1 aliphatic rings. The molecule has 1 aromatic rings. The van der Waals surface area contributed by atoms with Gasteiger partial charge < -0.3 is 10.3 Å². The highest BCUT2D eigenvalue weighted by atomic mass is 15.3. The van der Waals surface area contributed by atoms with Crippen molar-refractivity contribution in [1.29, 1.82) is 0 Å². The second-order valence-corrected chi connectivity index (χ2v) is 5.54. The van der Waals surface area contributed by atoms with Crippen LogP contribution in [-0.2, 0) is 13.0 Å². The van der Waals surface area contributed by atoms with Crippen molar-refractivity contribution < 1.29 is 0 Å². The number of hydrogen-bond donors (Lipinski definition) is 1. The number of nitrogens with zero attached hydrogens (tertiary/aromatic N) is 3. The lowest BCUT2D eigenvalue weighted by atomic mass is 9.94. The van der Waals surface area contributed by atoms with Gasteiger partial charge in [-0.05, 0) is 18.8 Å². The lowest BCUT2D eigenvalue weighted by Crippen LogP contribution is -2.39. The normalized spacial score (nSPS) is 19.5. The van der Waals surface area contributed by atoms with E-state index in [4.69, 9.17) is 5.73 Å². The summed E-state index contributed by atoms with van der Waals surface area (Å²) in [6, 6.07) is 0. The molecule has 4 heteroatoms. The molecule has 1 saturated carbocycles. The molecule has 2 rings (SSSR count). The van der Waals surface area contributed by atoms with Gasteiger partial charge in [-0.2, -0.15) is 0 Å². The molecule has 0 aliphatic heterocycles. The van der Waals surface area contributed by atoms with Crippen LogP contribution in [0.1, 0.15) is 45.4 Å². The first-order valence-corrected chi connectivity index (χ1v) is 6.25. The van der Waals surface area contributed by atoms with Crippen molar-refractivity contribution in [1.82, 2.24) is 14.8 Å². The molecule has 0 atom stereocenters. The van der Waals surface area contributed by atoms with E-state index in [9.17, 15) is 0 Å². The van der Waals surface area contributed by atoms with Crippen LogP contribution in [0.3, 0.4) is 0 Å². The standard InChI is InChI=1S/C12H22N4/c1-10(2)8-16-9-14-15-11(16)7-12(13)5-3-4-6-12/h9-10H,3-8,13H2,1-2H3. The van der Waals surface area contributed by atoms with Crippen LogP contribution < -0.4 is 5.73 Å². The van der Waals surface area contributed by atoms with Crippen LogP contribution in [0.5, 0.6) is 0 Å². The molecule has 1 fully saturated rings. The Morgan fingerprint density at radius 2 is 2.12 bits per heavy atom. The summed E-state index contributed by atoms with van der Waals surface area (Å²) in [4.78, 5) is 0. The molecular formula is C12H22N4. The van der Waals surface area contributed by atoms with E-state index in [0.717, 1.165) is 31.6 Å². The van der Waals surface area contributed by atoms with Crippen LogP contribution in [0.25, 0.3) is 0 Å².